The lowest BCUT2D eigenvalue weighted by atomic mass is 10.1. The Kier molecular flexibility index (Phi) is 3.78. The maximum Gasteiger partial charge on any atom is 0.289 e. The van der Waals surface area contributed by atoms with E-state index >= 15 is 0 Å². The van der Waals surface area contributed by atoms with E-state index in [4.69, 9.17) is 0 Å². The van der Waals surface area contributed by atoms with Gasteiger partial charge in [0.15, 0.2) is 0 Å². The zero-order valence-corrected chi connectivity index (χ0v) is 13.9. The first-order valence-corrected chi connectivity index (χ1v) is 9.29. The predicted molar refractivity (Wildman–Crippen MR) is 83.2 cm³/mol. The number of carbonyl (C=O) groups is 2. The summed E-state index contributed by atoms with van der Waals surface area (Å²) < 4.78 is 26.6. The van der Waals surface area contributed by atoms with E-state index in [0.717, 1.165) is 17.3 Å². The lowest BCUT2D eigenvalue weighted by molar-refractivity contribution is -0.127. The van der Waals surface area contributed by atoms with Gasteiger partial charge in [-0.2, -0.15) is 4.31 Å². The van der Waals surface area contributed by atoms with Crippen LogP contribution in [0.5, 0.6) is 0 Å². The van der Waals surface area contributed by atoms with Crippen LogP contribution in [0.1, 0.15) is 11.1 Å². The third-order valence-electron chi connectivity index (χ3n) is 3.94. The van der Waals surface area contributed by atoms with E-state index in [1.807, 2.05) is 13.0 Å². The molecule has 2 saturated heterocycles. The Labute approximate surface area is 133 Å². The van der Waals surface area contributed by atoms with Crippen molar-refractivity contribution in [1.82, 2.24) is 9.21 Å². The smallest absolute Gasteiger partial charge is 0.273 e. The first-order valence-electron chi connectivity index (χ1n) is 6.87. The Balaban J connectivity index is 1.78. The lowest BCUT2D eigenvalue weighted by Crippen LogP contribution is -2.61. The van der Waals surface area contributed by atoms with Gasteiger partial charge in [0.2, 0.25) is 15.9 Å². The fourth-order valence-electron chi connectivity index (χ4n) is 2.62. The van der Waals surface area contributed by atoms with Crippen LogP contribution in [0, 0.1) is 13.8 Å². The Morgan fingerprint density at radius 3 is 2.45 bits per heavy atom. The van der Waals surface area contributed by atoms with Crippen molar-refractivity contribution in [2.45, 2.75) is 24.8 Å². The van der Waals surface area contributed by atoms with Crippen molar-refractivity contribution in [2.75, 3.05) is 18.8 Å². The third kappa shape index (κ3) is 2.45. The first kappa shape index (κ1) is 15.5. The van der Waals surface area contributed by atoms with Gasteiger partial charge < -0.3 is 0 Å². The number of aryl methyl sites for hydroxylation is 2. The summed E-state index contributed by atoms with van der Waals surface area (Å²) in [6.45, 7) is 3.95. The second-order valence-electron chi connectivity index (χ2n) is 5.56. The molecule has 1 aromatic carbocycles. The SMILES string of the molecule is Cc1ccc(C)c(S(=O)(=O)N2CC(N3C(=O)CSC3=O)C2)c1. The number of carbonyl (C=O) groups excluding carboxylic acids is 2. The zero-order chi connectivity index (χ0) is 16.1. The number of amides is 2. The van der Waals surface area contributed by atoms with Crippen LogP contribution in [0.2, 0.25) is 0 Å². The normalized spacial score (nSPS) is 20.5. The van der Waals surface area contributed by atoms with Gasteiger partial charge in [-0.1, -0.05) is 23.9 Å². The Morgan fingerprint density at radius 2 is 1.86 bits per heavy atom. The fourth-order valence-corrected chi connectivity index (χ4v) is 5.22. The van der Waals surface area contributed by atoms with Gasteiger partial charge in [-0.05, 0) is 31.0 Å². The van der Waals surface area contributed by atoms with E-state index in [-0.39, 0.29) is 36.0 Å². The molecular weight excluding hydrogens is 324 g/mol. The first-order chi connectivity index (χ1) is 10.3. The molecule has 2 fully saturated rings. The number of rotatable bonds is 3. The Bertz CT molecular complexity index is 738. The minimum absolute atomic E-state index is 0.152. The second kappa shape index (κ2) is 5.36. The minimum Gasteiger partial charge on any atom is -0.273 e. The van der Waals surface area contributed by atoms with Crippen LogP contribution < -0.4 is 0 Å². The molecule has 0 N–H and O–H groups in total. The van der Waals surface area contributed by atoms with Crippen LogP contribution in [0.3, 0.4) is 0 Å². The number of imide groups is 1. The van der Waals surface area contributed by atoms with Gasteiger partial charge in [0.05, 0.1) is 16.7 Å². The zero-order valence-electron chi connectivity index (χ0n) is 12.3. The van der Waals surface area contributed by atoms with Gasteiger partial charge in [-0.15, -0.1) is 0 Å². The van der Waals surface area contributed by atoms with Crippen LogP contribution in [0.15, 0.2) is 23.1 Å². The molecule has 3 rings (SSSR count). The third-order valence-corrected chi connectivity index (χ3v) is 6.75. The van der Waals surface area contributed by atoms with E-state index in [0.29, 0.717) is 10.5 Å². The van der Waals surface area contributed by atoms with Gasteiger partial charge in [-0.3, -0.25) is 14.5 Å². The van der Waals surface area contributed by atoms with Crippen LogP contribution in [0.25, 0.3) is 0 Å². The molecule has 0 bridgehead atoms. The van der Waals surface area contributed by atoms with Crippen molar-refractivity contribution >= 4 is 32.9 Å². The summed E-state index contributed by atoms with van der Waals surface area (Å²) in [5, 5.41) is -0.279. The summed E-state index contributed by atoms with van der Waals surface area (Å²) in [4.78, 5) is 24.8. The van der Waals surface area contributed by atoms with Crippen LogP contribution in [-0.4, -0.2) is 53.7 Å². The number of nitrogens with zero attached hydrogens (tertiary/aromatic N) is 2. The molecular formula is C14H16N2O4S2. The Morgan fingerprint density at radius 1 is 1.18 bits per heavy atom. The standard InChI is InChI=1S/C14H16N2O4S2/c1-9-3-4-10(2)12(5-9)22(19,20)15-6-11(7-15)16-13(17)8-21-14(16)18/h3-5,11H,6-8H2,1-2H3. The number of thioether (sulfide) groups is 1. The molecule has 0 atom stereocenters. The molecule has 0 saturated carbocycles. The molecule has 0 spiro atoms. The number of sulfonamides is 1. The lowest BCUT2D eigenvalue weighted by Gasteiger charge is -2.41. The van der Waals surface area contributed by atoms with Crippen molar-refractivity contribution in [3.8, 4) is 0 Å². The maximum absolute atomic E-state index is 12.6. The molecule has 2 aliphatic heterocycles. The summed E-state index contributed by atoms with van der Waals surface area (Å²) in [5.41, 5.74) is 1.57. The quantitative estimate of drug-likeness (QED) is 0.831. The van der Waals surface area contributed by atoms with Crippen molar-refractivity contribution in [2.24, 2.45) is 0 Å². The highest BCUT2D eigenvalue weighted by Crippen LogP contribution is 2.30. The largest absolute Gasteiger partial charge is 0.289 e. The molecule has 0 aliphatic carbocycles. The summed E-state index contributed by atoms with van der Waals surface area (Å²) in [5.74, 6) is -0.0808. The van der Waals surface area contributed by atoms with E-state index in [9.17, 15) is 18.0 Å². The van der Waals surface area contributed by atoms with Gasteiger partial charge in [0.25, 0.3) is 5.24 Å². The molecule has 22 heavy (non-hydrogen) atoms. The number of benzene rings is 1. The second-order valence-corrected chi connectivity index (χ2v) is 8.40. The minimum atomic E-state index is -3.58. The molecule has 1 aromatic rings. The molecule has 8 heteroatoms. The monoisotopic (exact) mass is 340 g/mol. The van der Waals surface area contributed by atoms with Gasteiger partial charge in [0.1, 0.15) is 0 Å². The van der Waals surface area contributed by atoms with Crippen LogP contribution >= 0.6 is 11.8 Å². The average Bonchev–Trinajstić information content (AvgIpc) is 2.71. The van der Waals surface area contributed by atoms with Gasteiger partial charge in [0, 0.05) is 13.1 Å². The molecule has 2 amide bonds. The maximum atomic E-state index is 12.6. The number of hydrogen-bond acceptors (Lipinski definition) is 5. The van der Waals surface area contributed by atoms with Gasteiger partial charge in [-0.25, -0.2) is 8.42 Å². The van der Waals surface area contributed by atoms with Crippen molar-refractivity contribution < 1.29 is 18.0 Å². The summed E-state index contributed by atoms with van der Waals surface area (Å²) in [7, 11) is -3.58. The molecule has 2 aliphatic rings. The molecule has 2 heterocycles. The van der Waals surface area contributed by atoms with Gasteiger partial charge >= 0.3 is 0 Å². The molecule has 0 unspecified atom stereocenters. The highest BCUT2D eigenvalue weighted by molar-refractivity contribution is 8.14. The van der Waals surface area contributed by atoms with E-state index in [2.05, 4.69) is 0 Å². The summed E-state index contributed by atoms with van der Waals surface area (Å²) in [6.07, 6.45) is 0. The average molecular weight is 340 g/mol. The van der Waals surface area contributed by atoms with E-state index < -0.39 is 10.0 Å². The summed E-state index contributed by atoms with van der Waals surface area (Å²) >= 11 is 0.970. The molecule has 6 nitrogen and oxygen atoms in total. The predicted octanol–water partition coefficient (Wildman–Crippen LogP) is 1.37. The highest BCUT2D eigenvalue weighted by Gasteiger charge is 2.46. The highest BCUT2D eigenvalue weighted by atomic mass is 32.2. The van der Waals surface area contributed by atoms with Crippen LogP contribution in [0.4, 0.5) is 4.79 Å². The molecule has 118 valence electrons. The fraction of sp³-hybridized carbons (Fsp3) is 0.429. The summed E-state index contributed by atoms with van der Waals surface area (Å²) in [6, 6.07) is 4.96. The van der Waals surface area contributed by atoms with Crippen molar-refractivity contribution in [3.63, 3.8) is 0 Å². The van der Waals surface area contributed by atoms with Crippen LogP contribution in [-0.2, 0) is 14.8 Å². The van der Waals surface area contributed by atoms with Crippen molar-refractivity contribution in [1.29, 1.82) is 0 Å². The van der Waals surface area contributed by atoms with E-state index in [1.165, 1.54) is 9.21 Å². The molecule has 0 radical (unpaired) electrons. The van der Waals surface area contributed by atoms with E-state index in [1.54, 1.807) is 19.1 Å². The topological polar surface area (TPSA) is 74.8 Å². The van der Waals surface area contributed by atoms with Crippen molar-refractivity contribution in [3.05, 3.63) is 29.3 Å². The Hall–Kier alpha value is -1.38. The number of hydrogen-bond donors (Lipinski definition) is 0. The molecule has 0 aromatic heterocycles.